The van der Waals surface area contributed by atoms with Crippen molar-refractivity contribution in [3.63, 3.8) is 0 Å². The van der Waals surface area contributed by atoms with Crippen molar-refractivity contribution >= 4 is 0 Å². The van der Waals surface area contributed by atoms with Crippen molar-refractivity contribution in [1.82, 2.24) is 4.90 Å². The molecule has 0 spiro atoms. The second-order valence-electron chi connectivity index (χ2n) is 6.12. The summed E-state index contributed by atoms with van der Waals surface area (Å²) < 4.78 is 11.0. The van der Waals surface area contributed by atoms with Crippen LogP contribution in [-0.2, 0) is 9.47 Å². The van der Waals surface area contributed by atoms with Crippen LogP contribution in [0, 0.1) is 0 Å². The van der Waals surface area contributed by atoms with Crippen LogP contribution in [0.3, 0.4) is 0 Å². The van der Waals surface area contributed by atoms with Crippen LogP contribution in [0.1, 0.15) is 40.5 Å². The van der Waals surface area contributed by atoms with Gasteiger partial charge in [-0.15, -0.1) is 0 Å². The highest BCUT2D eigenvalue weighted by Crippen LogP contribution is 2.37. The van der Waals surface area contributed by atoms with Gasteiger partial charge in [0, 0.05) is 11.1 Å². The Labute approximate surface area is 106 Å². The van der Waals surface area contributed by atoms with E-state index in [1.54, 1.807) is 0 Å². The minimum atomic E-state index is 0.186. The minimum Gasteiger partial charge on any atom is -0.499 e. The first-order chi connectivity index (χ1) is 7.79. The Morgan fingerprint density at radius 3 is 2.18 bits per heavy atom. The van der Waals surface area contributed by atoms with Crippen molar-refractivity contribution in [2.45, 2.75) is 57.7 Å². The summed E-state index contributed by atoms with van der Waals surface area (Å²) in [5, 5.41) is 0. The molecule has 0 N–H and O–H groups in total. The molecule has 0 saturated carbocycles. The number of ether oxygens (including phenoxy) is 2. The number of hydrogen-bond acceptors (Lipinski definition) is 3. The maximum atomic E-state index is 5.91. The normalized spacial score (nSPS) is 24.5. The van der Waals surface area contributed by atoms with Gasteiger partial charge >= 0.3 is 0 Å². The predicted molar refractivity (Wildman–Crippen MR) is 71.0 cm³/mol. The first-order valence-electron chi connectivity index (χ1n) is 6.38. The van der Waals surface area contributed by atoms with Crippen molar-refractivity contribution in [1.29, 1.82) is 0 Å². The van der Waals surface area contributed by atoms with Crippen LogP contribution in [0.15, 0.2) is 12.8 Å². The smallest absolute Gasteiger partial charge is 0.111 e. The van der Waals surface area contributed by atoms with Crippen LogP contribution >= 0.6 is 0 Å². The highest BCUT2D eigenvalue weighted by molar-refractivity contribution is 4.98. The highest BCUT2D eigenvalue weighted by Gasteiger charge is 2.43. The van der Waals surface area contributed by atoms with Crippen LogP contribution in [0.25, 0.3) is 0 Å². The Hall–Kier alpha value is -0.540. The summed E-state index contributed by atoms with van der Waals surface area (Å²) in [7, 11) is 2.21. The third-order valence-electron chi connectivity index (χ3n) is 3.94. The fourth-order valence-electron chi connectivity index (χ4n) is 2.74. The molecule has 1 rings (SSSR count). The first kappa shape index (κ1) is 14.5. The van der Waals surface area contributed by atoms with Gasteiger partial charge in [0.15, 0.2) is 0 Å². The molecule has 0 bridgehead atoms. The Morgan fingerprint density at radius 1 is 1.18 bits per heavy atom. The van der Waals surface area contributed by atoms with Gasteiger partial charge in [-0.05, 0) is 47.6 Å². The zero-order valence-electron chi connectivity index (χ0n) is 12.0. The van der Waals surface area contributed by atoms with Gasteiger partial charge in [0.1, 0.15) is 6.61 Å². The van der Waals surface area contributed by atoms with Crippen LogP contribution < -0.4 is 0 Å². The lowest BCUT2D eigenvalue weighted by atomic mass is 9.79. The summed E-state index contributed by atoms with van der Waals surface area (Å²) in [6, 6.07) is 0. The number of piperidine rings is 1. The van der Waals surface area contributed by atoms with E-state index in [1.807, 2.05) is 0 Å². The Bertz CT molecular complexity index is 243. The lowest BCUT2D eigenvalue weighted by Gasteiger charge is -2.53. The molecule has 0 aliphatic carbocycles. The first-order valence-corrected chi connectivity index (χ1v) is 6.38. The average molecular weight is 241 g/mol. The molecule has 1 fully saturated rings. The maximum absolute atomic E-state index is 5.91. The van der Waals surface area contributed by atoms with E-state index < -0.39 is 0 Å². The highest BCUT2D eigenvalue weighted by atomic mass is 16.5. The van der Waals surface area contributed by atoms with Crippen molar-refractivity contribution in [3.05, 3.63) is 12.8 Å². The van der Waals surface area contributed by atoms with E-state index >= 15 is 0 Å². The lowest BCUT2D eigenvalue weighted by Crippen LogP contribution is -2.60. The fourth-order valence-corrected chi connectivity index (χ4v) is 2.74. The number of nitrogens with zero attached hydrogens (tertiary/aromatic N) is 1. The van der Waals surface area contributed by atoms with E-state index in [4.69, 9.17) is 9.47 Å². The molecule has 1 aliphatic heterocycles. The van der Waals surface area contributed by atoms with Gasteiger partial charge in [0.2, 0.25) is 0 Å². The standard InChI is InChI=1S/C14H27NO2/c1-7-16-8-9-17-12-10-13(2,3)15(6)14(4,5)11-12/h7,12H,1,8-11H2,2-6H3. The van der Waals surface area contributed by atoms with Gasteiger partial charge < -0.3 is 9.47 Å². The van der Waals surface area contributed by atoms with Gasteiger partial charge in [-0.1, -0.05) is 6.58 Å². The van der Waals surface area contributed by atoms with Crippen LogP contribution in [0.4, 0.5) is 0 Å². The van der Waals surface area contributed by atoms with Crippen molar-refractivity contribution in [2.24, 2.45) is 0 Å². The molecule has 0 aromatic carbocycles. The summed E-state index contributed by atoms with van der Waals surface area (Å²) >= 11 is 0. The molecule has 0 unspecified atom stereocenters. The maximum Gasteiger partial charge on any atom is 0.111 e. The van der Waals surface area contributed by atoms with Crippen LogP contribution in [-0.4, -0.2) is 42.3 Å². The summed E-state index contributed by atoms with van der Waals surface area (Å²) in [6.45, 7) is 13.9. The van der Waals surface area contributed by atoms with Crippen LogP contribution in [0.5, 0.6) is 0 Å². The molecular weight excluding hydrogens is 214 g/mol. The van der Waals surface area contributed by atoms with Crippen LogP contribution in [0.2, 0.25) is 0 Å². The quantitative estimate of drug-likeness (QED) is 0.546. The fraction of sp³-hybridized carbons (Fsp3) is 0.857. The Kier molecular flexibility index (Phi) is 4.62. The Morgan fingerprint density at radius 2 is 1.71 bits per heavy atom. The molecule has 17 heavy (non-hydrogen) atoms. The molecule has 3 heteroatoms. The van der Waals surface area contributed by atoms with Crippen molar-refractivity contribution < 1.29 is 9.47 Å². The molecule has 0 amide bonds. The van der Waals surface area contributed by atoms with Gasteiger partial charge in [-0.3, -0.25) is 4.90 Å². The summed E-state index contributed by atoms with van der Waals surface area (Å²) in [5.74, 6) is 0. The van der Waals surface area contributed by atoms with E-state index in [2.05, 4.69) is 46.2 Å². The average Bonchev–Trinajstić information content (AvgIpc) is 2.20. The second-order valence-corrected chi connectivity index (χ2v) is 6.12. The molecule has 0 radical (unpaired) electrons. The van der Waals surface area contributed by atoms with Gasteiger partial charge in [-0.25, -0.2) is 0 Å². The summed E-state index contributed by atoms with van der Waals surface area (Å²) in [5.41, 5.74) is 0.372. The number of likely N-dealkylation sites (tertiary alicyclic amines) is 1. The second kappa shape index (κ2) is 5.40. The molecule has 1 aliphatic rings. The third-order valence-corrected chi connectivity index (χ3v) is 3.94. The predicted octanol–water partition coefficient (Wildman–Crippen LogP) is 2.81. The monoisotopic (exact) mass is 241 g/mol. The van der Waals surface area contributed by atoms with Gasteiger partial charge in [0.05, 0.1) is 19.0 Å². The number of rotatable bonds is 5. The van der Waals surface area contributed by atoms with E-state index in [0.29, 0.717) is 19.3 Å². The van der Waals surface area contributed by atoms with E-state index in [1.165, 1.54) is 6.26 Å². The molecule has 1 saturated heterocycles. The van der Waals surface area contributed by atoms with E-state index in [0.717, 1.165) is 12.8 Å². The Balaban J connectivity index is 2.50. The van der Waals surface area contributed by atoms with Gasteiger partial charge in [-0.2, -0.15) is 0 Å². The summed E-state index contributed by atoms with van der Waals surface area (Å²) in [4.78, 5) is 2.46. The summed E-state index contributed by atoms with van der Waals surface area (Å²) in [6.07, 6.45) is 3.93. The van der Waals surface area contributed by atoms with E-state index in [9.17, 15) is 0 Å². The lowest BCUT2D eigenvalue weighted by molar-refractivity contribution is -0.0962. The molecule has 100 valence electrons. The van der Waals surface area contributed by atoms with Crippen molar-refractivity contribution in [2.75, 3.05) is 20.3 Å². The molecule has 1 heterocycles. The number of hydrogen-bond donors (Lipinski definition) is 0. The molecule has 0 aromatic heterocycles. The molecular formula is C14H27NO2. The minimum absolute atomic E-state index is 0.186. The zero-order chi connectivity index (χ0) is 13.1. The SMILES string of the molecule is C=COCCOC1CC(C)(C)N(C)C(C)(C)C1. The zero-order valence-corrected chi connectivity index (χ0v) is 12.0. The van der Waals surface area contributed by atoms with E-state index in [-0.39, 0.29) is 11.1 Å². The topological polar surface area (TPSA) is 21.7 Å². The van der Waals surface area contributed by atoms with Gasteiger partial charge in [0.25, 0.3) is 0 Å². The molecule has 0 aromatic rings. The van der Waals surface area contributed by atoms with Crippen molar-refractivity contribution in [3.8, 4) is 0 Å². The largest absolute Gasteiger partial charge is 0.499 e. The molecule has 3 nitrogen and oxygen atoms in total. The third kappa shape index (κ3) is 3.71. The molecule has 0 atom stereocenters.